The zero-order chi connectivity index (χ0) is 22.6. The van der Waals surface area contributed by atoms with E-state index in [1.165, 1.54) is 12.1 Å². The van der Waals surface area contributed by atoms with Crippen LogP contribution in [0.3, 0.4) is 0 Å². The van der Waals surface area contributed by atoms with Crippen molar-refractivity contribution in [1.29, 1.82) is 0 Å². The lowest BCUT2D eigenvalue weighted by molar-refractivity contribution is -0.0583. The first kappa shape index (κ1) is 21.4. The molecule has 0 spiro atoms. The highest BCUT2D eigenvalue weighted by Crippen LogP contribution is 2.45. The molecule has 1 aliphatic heterocycles. The monoisotopic (exact) mass is 435 g/mol. The van der Waals surface area contributed by atoms with Crippen molar-refractivity contribution < 1.29 is 23.1 Å². The maximum atomic E-state index is 14.9. The Labute approximate surface area is 177 Å². The number of carbonyl (C=O) groups excluding carboxylic acids is 1. The van der Waals surface area contributed by atoms with Crippen LogP contribution in [-0.4, -0.2) is 38.2 Å². The van der Waals surface area contributed by atoms with Crippen LogP contribution in [0.5, 0.6) is 0 Å². The number of benzene rings is 1. The minimum Gasteiger partial charge on any atom is -0.390 e. The van der Waals surface area contributed by atoms with Gasteiger partial charge in [0.1, 0.15) is 29.9 Å². The summed E-state index contributed by atoms with van der Waals surface area (Å²) in [6, 6.07) is 2.75. The molecule has 1 aromatic carbocycles. The number of aliphatic hydroxyl groups is 1. The lowest BCUT2D eigenvalue weighted by Gasteiger charge is -2.35. The molecule has 1 aliphatic carbocycles. The number of rotatable bonds is 6. The van der Waals surface area contributed by atoms with Crippen LogP contribution in [0, 0.1) is 12.7 Å². The van der Waals surface area contributed by atoms with Crippen molar-refractivity contribution in [3.63, 3.8) is 0 Å². The number of anilines is 2. The second-order valence-corrected chi connectivity index (χ2v) is 8.40. The molecule has 1 aromatic heterocycles. The van der Waals surface area contributed by atoms with Crippen molar-refractivity contribution in [3.05, 3.63) is 46.5 Å². The van der Waals surface area contributed by atoms with E-state index < -0.39 is 30.0 Å². The maximum Gasteiger partial charge on any atom is 0.323 e. The number of nitrogens with zero attached hydrogens (tertiary/aromatic N) is 3. The predicted octanol–water partition coefficient (Wildman–Crippen LogP) is 4.08. The van der Waals surface area contributed by atoms with Gasteiger partial charge in [-0.2, -0.15) is 8.78 Å². The molecule has 0 saturated heterocycles. The molecule has 1 atom stereocenters. The van der Waals surface area contributed by atoms with Crippen molar-refractivity contribution in [1.82, 2.24) is 14.9 Å². The first-order valence-electron chi connectivity index (χ1n) is 10.1. The quantitative estimate of drug-likeness (QED) is 0.636. The van der Waals surface area contributed by atoms with Crippen LogP contribution < -0.4 is 10.6 Å². The molecule has 1 fully saturated rings. The van der Waals surface area contributed by atoms with Gasteiger partial charge in [0.15, 0.2) is 0 Å². The predicted molar refractivity (Wildman–Crippen MR) is 108 cm³/mol. The number of urea groups is 1. The Morgan fingerprint density at radius 1 is 1.35 bits per heavy atom. The van der Waals surface area contributed by atoms with Gasteiger partial charge in [0.2, 0.25) is 0 Å². The first-order valence-corrected chi connectivity index (χ1v) is 10.1. The van der Waals surface area contributed by atoms with E-state index in [0.29, 0.717) is 23.0 Å². The van der Waals surface area contributed by atoms with Gasteiger partial charge in [-0.1, -0.05) is 12.1 Å². The Bertz CT molecular complexity index is 1040. The van der Waals surface area contributed by atoms with E-state index >= 15 is 0 Å². The summed E-state index contributed by atoms with van der Waals surface area (Å²) in [5.41, 5.74) is -0.405. The fourth-order valence-electron chi connectivity index (χ4n) is 3.79. The van der Waals surface area contributed by atoms with Gasteiger partial charge in [-0.05, 0) is 39.7 Å². The topological polar surface area (TPSA) is 90.4 Å². The molecule has 31 heavy (non-hydrogen) atoms. The Morgan fingerprint density at radius 3 is 2.71 bits per heavy atom. The molecule has 7 nitrogen and oxygen atoms in total. The summed E-state index contributed by atoms with van der Waals surface area (Å²) in [6.45, 7) is 4.11. The third kappa shape index (κ3) is 3.80. The molecule has 10 heteroatoms. The summed E-state index contributed by atoms with van der Waals surface area (Å²) in [5, 5.41) is 14.8. The maximum absolute atomic E-state index is 14.9. The number of alkyl halides is 2. The van der Waals surface area contributed by atoms with Gasteiger partial charge in [0.25, 0.3) is 5.92 Å². The van der Waals surface area contributed by atoms with Crippen LogP contribution >= 0.6 is 0 Å². The minimum atomic E-state index is -3.69. The van der Waals surface area contributed by atoms with E-state index in [2.05, 4.69) is 20.6 Å². The van der Waals surface area contributed by atoms with Gasteiger partial charge < -0.3 is 15.3 Å². The molecule has 1 saturated carbocycles. The van der Waals surface area contributed by atoms with E-state index in [0.717, 1.165) is 18.9 Å². The third-order valence-electron chi connectivity index (χ3n) is 5.97. The summed E-state index contributed by atoms with van der Waals surface area (Å²) in [7, 11) is 0. The number of carbonyl (C=O) groups is 1. The van der Waals surface area contributed by atoms with Crippen LogP contribution in [-0.2, 0) is 12.5 Å². The molecule has 2 aromatic rings. The number of halogens is 3. The summed E-state index contributed by atoms with van der Waals surface area (Å²) in [6.07, 6.45) is 1.80. The van der Waals surface area contributed by atoms with Crippen molar-refractivity contribution in [3.8, 4) is 0 Å². The lowest BCUT2D eigenvalue weighted by Crippen LogP contribution is -2.46. The lowest BCUT2D eigenvalue weighted by atomic mass is 10.00. The zero-order valence-corrected chi connectivity index (χ0v) is 17.5. The highest BCUT2D eigenvalue weighted by Gasteiger charge is 2.48. The molecule has 166 valence electrons. The van der Waals surface area contributed by atoms with E-state index in [-0.39, 0.29) is 23.7 Å². The molecule has 2 aliphatic rings. The number of nitrogens with one attached hydrogen (secondary N) is 2. The summed E-state index contributed by atoms with van der Waals surface area (Å²) in [5.74, 6) is -3.58. The second kappa shape index (κ2) is 7.37. The van der Waals surface area contributed by atoms with Gasteiger partial charge in [-0.3, -0.25) is 5.32 Å². The average molecular weight is 435 g/mol. The molecule has 2 heterocycles. The third-order valence-corrected chi connectivity index (χ3v) is 5.97. The van der Waals surface area contributed by atoms with Crippen LogP contribution in [0.15, 0.2) is 18.2 Å². The minimum absolute atomic E-state index is 0.0153. The molecule has 2 amide bonds. The smallest absolute Gasteiger partial charge is 0.323 e. The summed E-state index contributed by atoms with van der Waals surface area (Å²) in [4.78, 5) is 23.0. The van der Waals surface area contributed by atoms with E-state index in [9.17, 15) is 18.0 Å². The Hall–Kier alpha value is -2.88. The standard InChI is InChI=1S/C21H24F3N5O2/c1-11(13-5-4-6-15(16(13)22)21(23,24)10-30)25-17-14-9-29(20(3)7-8-20)19(31)28-18(14)27-12(2)26-17/h4-6,11,30H,7-10H2,1-3H3,(H2,25,26,27,28,31)/t11-/m1/s1. The fraction of sp³-hybridized carbons (Fsp3) is 0.476. The highest BCUT2D eigenvalue weighted by molar-refractivity contribution is 5.93. The number of aryl methyl sites for hydroxylation is 1. The van der Waals surface area contributed by atoms with E-state index in [4.69, 9.17) is 5.11 Å². The molecular formula is C21H24F3N5O2. The van der Waals surface area contributed by atoms with Crippen LogP contribution in [0.1, 0.15) is 55.2 Å². The Kier molecular flexibility index (Phi) is 5.07. The largest absolute Gasteiger partial charge is 0.390 e. The normalized spacial score (nSPS) is 18.3. The zero-order valence-electron chi connectivity index (χ0n) is 17.5. The number of aliphatic hydroxyl groups excluding tert-OH is 1. The SMILES string of the molecule is Cc1nc2c(c(N[C@H](C)c3cccc(C(F)(F)CO)c3F)n1)CN(C1(C)CC1)C(=O)N2. The van der Waals surface area contributed by atoms with Gasteiger partial charge >= 0.3 is 6.03 Å². The van der Waals surface area contributed by atoms with E-state index in [1.54, 1.807) is 18.7 Å². The van der Waals surface area contributed by atoms with Crippen LogP contribution in [0.2, 0.25) is 0 Å². The molecule has 0 radical (unpaired) electrons. The molecule has 4 rings (SSSR count). The van der Waals surface area contributed by atoms with Crippen molar-refractivity contribution >= 4 is 17.7 Å². The summed E-state index contributed by atoms with van der Waals surface area (Å²) < 4.78 is 42.7. The number of hydrogen-bond acceptors (Lipinski definition) is 5. The molecule has 3 N–H and O–H groups in total. The van der Waals surface area contributed by atoms with Gasteiger partial charge in [-0.15, -0.1) is 0 Å². The molecular weight excluding hydrogens is 411 g/mol. The van der Waals surface area contributed by atoms with Crippen molar-refractivity contribution in [2.45, 2.75) is 57.7 Å². The summed E-state index contributed by atoms with van der Waals surface area (Å²) >= 11 is 0. The second-order valence-electron chi connectivity index (χ2n) is 8.40. The Balaban J connectivity index is 1.67. The fourth-order valence-corrected chi connectivity index (χ4v) is 3.79. The van der Waals surface area contributed by atoms with Crippen LogP contribution in [0.25, 0.3) is 0 Å². The number of amides is 2. The first-order chi connectivity index (χ1) is 14.6. The van der Waals surface area contributed by atoms with Crippen molar-refractivity contribution in [2.24, 2.45) is 0 Å². The van der Waals surface area contributed by atoms with Gasteiger partial charge in [0.05, 0.1) is 23.7 Å². The molecule has 0 bridgehead atoms. The van der Waals surface area contributed by atoms with Crippen molar-refractivity contribution in [2.75, 3.05) is 17.2 Å². The van der Waals surface area contributed by atoms with Gasteiger partial charge in [-0.25, -0.2) is 19.2 Å². The number of aromatic nitrogens is 2. The molecule has 0 unspecified atom stereocenters. The average Bonchev–Trinajstić information content (AvgIpc) is 3.45. The van der Waals surface area contributed by atoms with E-state index in [1.807, 2.05) is 6.92 Å². The Morgan fingerprint density at radius 2 is 2.06 bits per heavy atom. The van der Waals surface area contributed by atoms with Gasteiger partial charge in [0, 0.05) is 11.1 Å². The van der Waals surface area contributed by atoms with Crippen LogP contribution in [0.4, 0.5) is 29.6 Å². The number of hydrogen-bond donors (Lipinski definition) is 3. The number of fused-ring (bicyclic) bond motifs is 1. The highest BCUT2D eigenvalue weighted by atomic mass is 19.3.